The maximum Gasteiger partial charge on any atom is 0.337 e. The van der Waals surface area contributed by atoms with Crippen molar-refractivity contribution in [1.82, 2.24) is 4.83 Å². The number of methoxy groups -OCH3 is 1. The first kappa shape index (κ1) is 38.3. The molecule has 0 spiro atoms. The maximum absolute atomic E-state index is 13.2. The van der Waals surface area contributed by atoms with Crippen LogP contribution < -0.4 is 9.57 Å². The van der Waals surface area contributed by atoms with Crippen molar-refractivity contribution in [3.05, 3.63) is 95.1 Å². The molecule has 3 aromatic carbocycles. The minimum atomic E-state index is -4.37. The Hall–Kier alpha value is -4.18. The Morgan fingerprint density at radius 2 is 1.21 bits per heavy atom. The molecule has 0 aliphatic carbocycles. The lowest BCUT2D eigenvalue weighted by molar-refractivity contribution is 0.0600. The number of rotatable bonds is 23. The van der Waals surface area contributed by atoms with E-state index in [0.717, 1.165) is 38.2 Å². The molecule has 0 amide bonds. The van der Waals surface area contributed by atoms with Crippen molar-refractivity contribution >= 4 is 27.7 Å². The van der Waals surface area contributed by atoms with Crippen LogP contribution in [0.3, 0.4) is 0 Å². The SMILES string of the molecule is CCCCCCCCCCCCCCCCOc1ccc(/C(=N\NS(=O)(=O)c2cc(C(=O)O)cc(C(=O)OC)c2)c2ccccc2)cc1. The molecule has 3 rings (SSSR count). The molecule has 0 saturated heterocycles. The number of benzene rings is 3. The topological polar surface area (TPSA) is 131 Å². The number of carboxylic acids is 1. The van der Waals surface area contributed by atoms with Crippen LogP contribution >= 0.6 is 0 Å². The summed E-state index contributed by atoms with van der Waals surface area (Å²) in [5.74, 6) is -1.55. The van der Waals surface area contributed by atoms with Gasteiger partial charge in [0.15, 0.2) is 0 Å². The zero-order valence-corrected chi connectivity index (χ0v) is 29.1. The molecule has 0 heterocycles. The predicted octanol–water partition coefficient (Wildman–Crippen LogP) is 8.76. The van der Waals surface area contributed by atoms with Crippen LogP contribution in [0.5, 0.6) is 5.75 Å². The predicted molar refractivity (Wildman–Crippen MR) is 189 cm³/mol. The van der Waals surface area contributed by atoms with Crippen LogP contribution in [0.25, 0.3) is 0 Å². The first-order valence-electron chi connectivity index (χ1n) is 17.1. The second-order valence-electron chi connectivity index (χ2n) is 11.9. The van der Waals surface area contributed by atoms with E-state index in [0.29, 0.717) is 29.2 Å². The van der Waals surface area contributed by atoms with Gasteiger partial charge in [-0.25, -0.2) is 9.59 Å². The molecule has 0 aromatic heterocycles. The zero-order chi connectivity index (χ0) is 34.6. The second kappa shape index (κ2) is 20.9. The molecule has 9 nitrogen and oxygen atoms in total. The Morgan fingerprint density at radius 3 is 1.75 bits per heavy atom. The lowest BCUT2D eigenvalue weighted by Gasteiger charge is -2.12. The van der Waals surface area contributed by atoms with Crippen LogP contribution in [0, 0.1) is 0 Å². The van der Waals surface area contributed by atoms with E-state index in [1.165, 1.54) is 77.0 Å². The highest BCUT2D eigenvalue weighted by Crippen LogP contribution is 2.20. The number of aromatic carboxylic acids is 1. The van der Waals surface area contributed by atoms with Crippen LogP contribution in [-0.4, -0.2) is 44.9 Å². The maximum atomic E-state index is 13.2. The lowest BCUT2D eigenvalue weighted by Crippen LogP contribution is -2.22. The van der Waals surface area contributed by atoms with Gasteiger partial charge in [0, 0.05) is 11.1 Å². The van der Waals surface area contributed by atoms with E-state index >= 15 is 0 Å². The number of hydrogen-bond donors (Lipinski definition) is 2. The van der Waals surface area contributed by atoms with Crippen molar-refractivity contribution < 1.29 is 32.6 Å². The fraction of sp³-hybridized carbons (Fsp3) is 0.447. The van der Waals surface area contributed by atoms with Gasteiger partial charge >= 0.3 is 11.9 Å². The van der Waals surface area contributed by atoms with Gasteiger partial charge < -0.3 is 14.6 Å². The third-order valence-corrected chi connectivity index (χ3v) is 9.29. The van der Waals surface area contributed by atoms with E-state index in [2.05, 4.69) is 21.6 Å². The molecule has 2 N–H and O–H groups in total. The highest BCUT2D eigenvalue weighted by molar-refractivity contribution is 7.89. The number of hydrogen-bond acceptors (Lipinski definition) is 7. The van der Waals surface area contributed by atoms with Crippen LogP contribution in [0.4, 0.5) is 0 Å². The number of sulfonamides is 1. The third-order valence-electron chi connectivity index (χ3n) is 8.10. The van der Waals surface area contributed by atoms with Crippen molar-refractivity contribution in [2.45, 2.75) is 102 Å². The molecule has 260 valence electrons. The fourth-order valence-corrected chi connectivity index (χ4v) is 6.24. The van der Waals surface area contributed by atoms with E-state index in [9.17, 15) is 23.1 Å². The molecular weight excluding hydrogens is 628 g/mol. The number of carbonyl (C=O) groups is 2. The molecule has 0 aliphatic heterocycles. The number of ether oxygens (including phenoxy) is 2. The number of carbonyl (C=O) groups excluding carboxylic acids is 1. The van der Waals surface area contributed by atoms with Gasteiger partial charge in [-0.05, 0) is 48.9 Å². The average molecular weight is 679 g/mol. The van der Waals surface area contributed by atoms with E-state index in [4.69, 9.17) is 4.74 Å². The summed E-state index contributed by atoms with van der Waals surface area (Å²) in [5, 5.41) is 13.7. The molecule has 0 saturated carbocycles. The third kappa shape index (κ3) is 13.1. The largest absolute Gasteiger partial charge is 0.494 e. The van der Waals surface area contributed by atoms with Crippen molar-refractivity contribution in [3.8, 4) is 5.75 Å². The summed E-state index contributed by atoms with van der Waals surface area (Å²) in [7, 11) is -3.25. The highest BCUT2D eigenvalue weighted by Gasteiger charge is 2.21. The van der Waals surface area contributed by atoms with Gasteiger partial charge in [-0.2, -0.15) is 18.4 Å². The number of carboxylic acid groups (broad SMARTS) is 1. The molecule has 0 fully saturated rings. The quantitative estimate of drug-likeness (QED) is 0.0444. The Bertz CT molecular complexity index is 1560. The van der Waals surface area contributed by atoms with Gasteiger partial charge in [-0.3, -0.25) is 0 Å². The lowest BCUT2D eigenvalue weighted by atomic mass is 10.0. The molecule has 0 unspecified atom stereocenters. The monoisotopic (exact) mass is 678 g/mol. The second-order valence-corrected chi connectivity index (χ2v) is 13.6. The number of unbranched alkanes of at least 4 members (excludes halogenated alkanes) is 13. The average Bonchev–Trinajstić information content (AvgIpc) is 3.10. The van der Waals surface area contributed by atoms with E-state index < -0.39 is 26.9 Å². The van der Waals surface area contributed by atoms with E-state index in [1.54, 1.807) is 24.3 Å². The minimum absolute atomic E-state index is 0.213. The van der Waals surface area contributed by atoms with Gasteiger partial charge in [0.25, 0.3) is 10.0 Å². The number of esters is 1. The van der Waals surface area contributed by atoms with Crippen molar-refractivity contribution in [2.24, 2.45) is 5.10 Å². The molecule has 10 heteroatoms. The molecule has 0 aliphatic rings. The number of nitrogens with zero attached hydrogens (tertiary/aromatic N) is 1. The number of hydrazone groups is 1. The fourth-order valence-electron chi connectivity index (χ4n) is 5.36. The van der Waals surface area contributed by atoms with Crippen molar-refractivity contribution in [2.75, 3.05) is 13.7 Å². The Kier molecular flexibility index (Phi) is 16.7. The van der Waals surface area contributed by atoms with Gasteiger partial charge in [0.05, 0.1) is 35.5 Å². The summed E-state index contributed by atoms with van der Waals surface area (Å²) in [4.78, 5) is 25.4. The van der Waals surface area contributed by atoms with E-state index in [-0.39, 0.29) is 11.1 Å². The van der Waals surface area contributed by atoms with Crippen LogP contribution in [0.15, 0.2) is 82.8 Å². The van der Waals surface area contributed by atoms with Gasteiger partial charge in [-0.1, -0.05) is 121 Å². The van der Waals surface area contributed by atoms with E-state index in [1.807, 2.05) is 30.3 Å². The Labute approximate surface area is 285 Å². The van der Waals surface area contributed by atoms with Gasteiger partial charge in [0.1, 0.15) is 5.75 Å². The van der Waals surface area contributed by atoms with Crippen LogP contribution in [-0.2, 0) is 14.8 Å². The van der Waals surface area contributed by atoms with Crippen LogP contribution in [0.1, 0.15) is 129 Å². The normalized spacial score (nSPS) is 11.7. The Balaban J connectivity index is 1.53. The molecule has 0 radical (unpaired) electrons. The standard InChI is InChI=1S/C38H50N2O7S/c1-3-4-5-6-7-8-9-10-11-12-13-14-15-19-26-47-34-24-22-31(23-25-34)36(30-20-17-16-18-21-30)39-40-48(44,45)35-28-32(37(41)42)27-33(29-35)38(43)46-2/h16-18,20-25,27-29,40H,3-15,19,26H2,1-2H3,(H,41,42)/b39-36-. The minimum Gasteiger partial charge on any atom is -0.494 e. The molecule has 48 heavy (non-hydrogen) atoms. The van der Waals surface area contributed by atoms with Gasteiger partial charge in [0.2, 0.25) is 0 Å². The van der Waals surface area contributed by atoms with Crippen molar-refractivity contribution in [1.29, 1.82) is 0 Å². The smallest absolute Gasteiger partial charge is 0.337 e. The summed E-state index contributed by atoms with van der Waals surface area (Å²) in [6, 6.07) is 19.4. The highest BCUT2D eigenvalue weighted by atomic mass is 32.2. The summed E-state index contributed by atoms with van der Waals surface area (Å²) in [5.41, 5.74) is 1.05. The molecule has 0 atom stereocenters. The molecule has 3 aromatic rings. The summed E-state index contributed by atoms with van der Waals surface area (Å²) in [6.45, 7) is 2.88. The summed E-state index contributed by atoms with van der Waals surface area (Å²) >= 11 is 0. The molecule has 0 bridgehead atoms. The van der Waals surface area contributed by atoms with Crippen molar-refractivity contribution in [3.63, 3.8) is 0 Å². The molecular formula is C38H50N2O7S. The Morgan fingerprint density at radius 1 is 0.688 bits per heavy atom. The zero-order valence-electron chi connectivity index (χ0n) is 28.3. The number of nitrogens with one attached hydrogen (secondary N) is 1. The first-order chi connectivity index (χ1) is 23.2. The van der Waals surface area contributed by atoms with Crippen LogP contribution in [0.2, 0.25) is 0 Å². The first-order valence-corrected chi connectivity index (χ1v) is 18.6. The summed E-state index contributed by atoms with van der Waals surface area (Å²) < 4.78 is 37.1. The van der Waals surface area contributed by atoms with Gasteiger partial charge in [-0.15, -0.1) is 0 Å². The summed E-state index contributed by atoms with van der Waals surface area (Å²) in [6.07, 6.45) is 18.2.